The summed E-state index contributed by atoms with van der Waals surface area (Å²) in [5.74, 6) is 0.859. The number of amides is 1. The topological polar surface area (TPSA) is 47.4 Å². The van der Waals surface area contributed by atoms with Crippen LogP contribution in [0, 0.1) is 6.92 Å². The van der Waals surface area contributed by atoms with Crippen LogP contribution in [0.1, 0.15) is 39.0 Å². The molecule has 1 amide bonds. The van der Waals surface area contributed by atoms with E-state index in [0.717, 1.165) is 33.9 Å². The van der Waals surface area contributed by atoms with E-state index < -0.39 is 0 Å². The molecule has 0 atom stereocenters. The van der Waals surface area contributed by atoms with Crippen LogP contribution in [0.3, 0.4) is 0 Å². The first-order valence-electron chi connectivity index (χ1n) is 9.00. The van der Waals surface area contributed by atoms with Crippen LogP contribution < -0.4 is 4.74 Å². The smallest absolute Gasteiger partial charge is 0.263 e. The molecule has 0 radical (unpaired) electrons. The number of thiophene rings is 1. The summed E-state index contributed by atoms with van der Waals surface area (Å²) in [6, 6.07) is 10.0. The number of aromatic nitrogens is 2. The normalized spacial score (nSPS) is 10.8. The van der Waals surface area contributed by atoms with E-state index in [0.29, 0.717) is 13.2 Å². The van der Waals surface area contributed by atoms with Crippen LogP contribution in [-0.2, 0) is 26.6 Å². The molecule has 27 heavy (non-hydrogen) atoms. The fraction of sp³-hybridized carbons (Fsp3) is 0.333. The Balaban J connectivity index is 1.58. The third kappa shape index (κ3) is 4.57. The number of carbonyl (C=O) groups is 1. The molecule has 0 unspecified atom stereocenters. The molecule has 0 N–H and O–H groups in total. The van der Waals surface area contributed by atoms with Gasteiger partial charge < -0.3 is 9.64 Å². The molecule has 0 saturated carbocycles. The maximum absolute atomic E-state index is 12.7. The lowest BCUT2D eigenvalue weighted by molar-refractivity contribution is 0.0789. The molecule has 0 bridgehead atoms. The Hall–Kier alpha value is -2.60. The number of nitrogens with zero attached hydrogens (tertiary/aromatic N) is 3. The van der Waals surface area contributed by atoms with E-state index in [4.69, 9.17) is 4.74 Å². The van der Waals surface area contributed by atoms with Crippen molar-refractivity contribution in [2.75, 3.05) is 7.05 Å². The van der Waals surface area contributed by atoms with Crippen LogP contribution in [0.4, 0.5) is 0 Å². The van der Waals surface area contributed by atoms with Gasteiger partial charge >= 0.3 is 0 Å². The SMILES string of the molecule is CCc1ccc(OCc2csc(C(=O)N(C)Cc3cnn(C)c3C)c2)cc1. The molecule has 6 heteroatoms. The van der Waals surface area contributed by atoms with Crippen LogP contribution in [0.5, 0.6) is 5.75 Å². The summed E-state index contributed by atoms with van der Waals surface area (Å²) in [5, 5.41) is 6.22. The average molecular weight is 384 g/mol. The van der Waals surface area contributed by atoms with E-state index in [1.54, 1.807) is 4.90 Å². The van der Waals surface area contributed by atoms with Gasteiger partial charge in [0.25, 0.3) is 5.91 Å². The van der Waals surface area contributed by atoms with E-state index >= 15 is 0 Å². The van der Waals surface area contributed by atoms with E-state index in [2.05, 4.69) is 24.2 Å². The highest BCUT2D eigenvalue weighted by Gasteiger charge is 2.16. The second kappa shape index (κ2) is 8.39. The molecule has 1 aromatic carbocycles. The van der Waals surface area contributed by atoms with E-state index in [1.165, 1.54) is 16.9 Å². The van der Waals surface area contributed by atoms with Gasteiger partial charge in [-0.3, -0.25) is 9.48 Å². The van der Waals surface area contributed by atoms with E-state index in [-0.39, 0.29) is 5.91 Å². The van der Waals surface area contributed by atoms with Crippen molar-refractivity contribution in [2.45, 2.75) is 33.4 Å². The fourth-order valence-corrected chi connectivity index (χ4v) is 3.66. The van der Waals surface area contributed by atoms with Crippen LogP contribution in [0.2, 0.25) is 0 Å². The van der Waals surface area contributed by atoms with Gasteiger partial charge in [-0.25, -0.2) is 0 Å². The van der Waals surface area contributed by atoms with Crippen molar-refractivity contribution in [2.24, 2.45) is 7.05 Å². The molecular formula is C21H25N3O2S. The predicted molar refractivity (Wildman–Crippen MR) is 108 cm³/mol. The number of carbonyl (C=O) groups excluding carboxylic acids is 1. The van der Waals surface area contributed by atoms with E-state index in [1.807, 2.05) is 55.5 Å². The minimum absolute atomic E-state index is 0.0156. The van der Waals surface area contributed by atoms with Gasteiger partial charge in [0.2, 0.25) is 0 Å². The van der Waals surface area contributed by atoms with Crippen molar-refractivity contribution < 1.29 is 9.53 Å². The predicted octanol–water partition coefficient (Wildman–Crippen LogP) is 4.20. The Morgan fingerprint density at radius 3 is 2.63 bits per heavy atom. The second-order valence-corrected chi connectivity index (χ2v) is 7.56. The van der Waals surface area contributed by atoms with Crippen molar-refractivity contribution in [1.29, 1.82) is 0 Å². The monoisotopic (exact) mass is 383 g/mol. The van der Waals surface area contributed by atoms with Crippen molar-refractivity contribution in [1.82, 2.24) is 14.7 Å². The molecule has 5 nitrogen and oxygen atoms in total. The fourth-order valence-electron chi connectivity index (χ4n) is 2.77. The highest BCUT2D eigenvalue weighted by atomic mass is 32.1. The Bertz CT molecular complexity index is 912. The van der Waals surface area contributed by atoms with Crippen LogP contribution in [0.15, 0.2) is 41.9 Å². The molecule has 142 valence electrons. The molecule has 0 fully saturated rings. The zero-order chi connectivity index (χ0) is 19.4. The van der Waals surface area contributed by atoms with Gasteiger partial charge in [-0.05, 0) is 42.5 Å². The van der Waals surface area contributed by atoms with Gasteiger partial charge in [-0.1, -0.05) is 19.1 Å². The molecule has 0 aliphatic heterocycles. The summed E-state index contributed by atoms with van der Waals surface area (Å²) in [5.41, 5.74) is 4.43. The quantitative estimate of drug-likeness (QED) is 0.614. The summed E-state index contributed by atoms with van der Waals surface area (Å²) in [4.78, 5) is 15.1. The van der Waals surface area contributed by atoms with Crippen LogP contribution >= 0.6 is 11.3 Å². The Labute approximate surface area is 164 Å². The zero-order valence-electron chi connectivity index (χ0n) is 16.2. The summed E-state index contributed by atoms with van der Waals surface area (Å²) in [7, 11) is 3.72. The van der Waals surface area contributed by atoms with Crippen molar-refractivity contribution >= 4 is 17.2 Å². The summed E-state index contributed by atoms with van der Waals surface area (Å²) < 4.78 is 7.65. The highest BCUT2D eigenvalue weighted by Crippen LogP contribution is 2.20. The molecular weight excluding hydrogens is 358 g/mol. The van der Waals surface area contributed by atoms with E-state index in [9.17, 15) is 4.79 Å². The molecule has 0 saturated heterocycles. The number of ether oxygens (including phenoxy) is 1. The van der Waals surface area contributed by atoms with Crippen LogP contribution in [-0.4, -0.2) is 27.6 Å². The van der Waals surface area contributed by atoms with Crippen LogP contribution in [0.25, 0.3) is 0 Å². The summed E-state index contributed by atoms with van der Waals surface area (Å²) in [6.45, 7) is 5.15. The first-order chi connectivity index (χ1) is 13.0. The molecule has 3 rings (SSSR count). The van der Waals surface area contributed by atoms with Crippen molar-refractivity contribution in [3.05, 3.63) is 69.2 Å². The molecule has 2 heterocycles. The maximum Gasteiger partial charge on any atom is 0.263 e. The second-order valence-electron chi connectivity index (χ2n) is 6.65. The summed E-state index contributed by atoms with van der Waals surface area (Å²) >= 11 is 1.46. The first-order valence-corrected chi connectivity index (χ1v) is 9.88. The minimum atomic E-state index is 0.0156. The Morgan fingerprint density at radius 1 is 1.26 bits per heavy atom. The summed E-state index contributed by atoms with van der Waals surface area (Å²) in [6.07, 6.45) is 2.83. The Morgan fingerprint density at radius 2 is 2.00 bits per heavy atom. The molecule has 2 aromatic heterocycles. The molecule has 0 aliphatic rings. The average Bonchev–Trinajstić information content (AvgIpc) is 3.28. The van der Waals surface area contributed by atoms with Crippen molar-refractivity contribution in [3.8, 4) is 5.75 Å². The molecule has 3 aromatic rings. The largest absolute Gasteiger partial charge is 0.489 e. The third-order valence-corrected chi connectivity index (χ3v) is 5.66. The van der Waals surface area contributed by atoms with Gasteiger partial charge in [0, 0.05) is 37.5 Å². The van der Waals surface area contributed by atoms with Gasteiger partial charge in [-0.2, -0.15) is 5.10 Å². The van der Waals surface area contributed by atoms with Gasteiger partial charge in [-0.15, -0.1) is 11.3 Å². The third-order valence-electron chi connectivity index (χ3n) is 4.69. The number of hydrogen-bond acceptors (Lipinski definition) is 4. The molecule has 0 aliphatic carbocycles. The first kappa shape index (κ1) is 19.2. The number of benzene rings is 1. The van der Waals surface area contributed by atoms with Crippen molar-refractivity contribution in [3.63, 3.8) is 0 Å². The highest BCUT2D eigenvalue weighted by molar-refractivity contribution is 7.12. The zero-order valence-corrected chi connectivity index (χ0v) is 17.0. The van der Waals surface area contributed by atoms with Gasteiger partial charge in [0.05, 0.1) is 11.1 Å². The standard InChI is InChI=1S/C21H25N3O2S/c1-5-16-6-8-19(9-7-16)26-13-17-10-20(27-14-17)21(25)23(3)12-18-11-22-24(4)15(18)2/h6-11,14H,5,12-13H2,1-4H3. The number of rotatable bonds is 7. The minimum Gasteiger partial charge on any atom is -0.489 e. The lowest BCUT2D eigenvalue weighted by Gasteiger charge is -2.15. The Kier molecular flexibility index (Phi) is 5.96. The molecule has 0 spiro atoms. The lowest BCUT2D eigenvalue weighted by atomic mass is 10.2. The maximum atomic E-state index is 12.7. The van der Waals surface area contributed by atoms with Gasteiger partial charge in [0.15, 0.2) is 0 Å². The lowest BCUT2D eigenvalue weighted by Crippen LogP contribution is -2.25. The number of aryl methyl sites for hydroxylation is 2. The van der Waals surface area contributed by atoms with Gasteiger partial charge in [0.1, 0.15) is 12.4 Å². The number of hydrogen-bond donors (Lipinski definition) is 0.